The smallest absolute Gasteiger partial charge is 0.266 e. The summed E-state index contributed by atoms with van der Waals surface area (Å²) in [5.41, 5.74) is 0.559. The first-order valence-electron chi connectivity index (χ1n) is 6.53. The minimum atomic E-state index is -0.488. The summed E-state index contributed by atoms with van der Waals surface area (Å²) in [7, 11) is 0. The molecule has 0 saturated heterocycles. The van der Waals surface area contributed by atoms with Crippen molar-refractivity contribution in [1.82, 2.24) is 0 Å². The number of nitriles is 1. The lowest BCUT2D eigenvalue weighted by atomic mass is 10.2. The van der Waals surface area contributed by atoms with Crippen LogP contribution in [0.15, 0.2) is 46.4 Å². The van der Waals surface area contributed by atoms with E-state index in [0.717, 1.165) is 5.75 Å². The third-order valence-corrected chi connectivity index (χ3v) is 3.25. The maximum absolute atomic E-state index is 12.1. The molecular formula is C16H13IN2O3. The molecule has 1 aromatic carbocycles. The van der Waals surface area contributed by atoms with Gasteiger partial charge in [-0.25, -0.2) is 0 Å². The van der Waals surface area contributed by atoms with Crippen molar-refractivity contribution >= 4 is 40.3 Å². The summed E-state index contributed by atoms with van der Waals surface area (Å²) in [6.45, 7) is 2.48. The molecule has 5 nitrogen and oxygen atoms in total. The summed E-state index contributed by atoms with van der Waals surface area (Å²) in [5.74, 6) is 0.697. The molecule has 0 atom stereocenters. The van der Waals surface area contributed by atoms with Gasteiger partial charge in [-0.05, 0) is 65.9 Å². The highest BCUT2D eigenvalue weighted by molar-refractivity contribution is 14.1. The fourth-order valence-corrected chi connectivity index (χ4v) is 2.13. The first-order valence-corrected chi connectivity index (χ1v) is 7.61. The molecular weight excluding hydrogens is 395 g/mol. The zero-order valence-corrected chi connectivity index (χ0v) is 14.0. The van der Waals surface area contributed by atoms with E-state index in [1.54, 1.807) is 36.4 Å². The van der Waals surface area contributed by atoms with Gasteiger partial charge in [0.15, 0.2) is 3.77 Å². The minimum Gasteiger partial charge on any atom is -0.494 e. The lowest BCUT2D eigenvalue weighted by molar-refractivity contribution is -0.112. The Labute approximate surface area is 141 Å². The number of anilines is 1. The monoisotopic (exact) mass is 408 g/mol. The van der Waals surface area contributed by atoms with E-state index in [0.29, 0.717) is 21.8 Å². The maximum Gasteiger partial charge on any atom is 0.266 e. The number of amides is 1. The van der Waals surface area contributed by atoms with Crippen LogP contribution in [0.25, 0.3) is 6.08 Å². The molecule has 0 unspecified atom stereocenters. The number of hydrogen-bond donors (Lipinski definition) is 1. The van der Waals surface area contributed by atoms with Gasteiger partial charge in [-0.15, -0.1) is 0 Å². The first-order chi connectivity index (χ1) is 10.6. The molecule has 1 heterocycles. The summed E-state index contributed by atoms with van der Waals surface area (Å²) in [6.07, 6.45) is 1.41. The number of hydrogen-bond acceptors (Lipinski definition) is 4. The predicted molar refractivity (Wildman–Crippen MR) is 91.3 cm³/mol. The van der Waals surface area contributed by atoms with Gasteiger partial charge in [-0.1, -0.05) is 0 Å². The molecule has 0 radical (unpaired) electrons. The zero-order valence-electron chi connectivity index (χ0n) is 11.8. The number of furan rings is 1. The highest BCUT2D eigenvalue weighted by atomic mass is 127. The molecule has 0 bridgehead atoms. The summed E-state index contributed by atoms with van der Waals surface area (Å²) in [6, 6.07) is 12.3. The topological polar surface area (TPSA) is 75.3 Å². The molecule has 6 heteroatoms. The van der Waals surface area contributed by atoms with Crippen molar-refractivity contribution in [2.45, 2.75) is 6.92 Å². The third-order valence-electron chi connectivity index (χ3n) is 2.67. The summed E-state index contributed by atoms with van der Waals surface area (Å²) in [4.78, 5) is 12.1. The van der Waals surface area contributed by atoms with Crippen LogP contribution < -0.4 is 10.1 Å². The number of benzene rings is 1. The standard InChI is InChI=1S/C16H13IN2O3/c1-2-21-13-5-3-12(4-6-13)19-16(20)11(10-18)9-14-7-8-15(17)22-14/h3-9H,2H2,1H3,(H,19,20)/b11-9-. The number of rotatable bonds is 5. The van der Waals surface area contributed by atoms with Crippen molar-refractivity contribution in [1.29, 1.82) is 5.26 Å². The molecule has 0 saturated carbocycles. The van der Waals surface area contributed by atoms with Crippen molar-refractivity contribution < 1.29 is 13.9 Å². The van der Waals surface area contributed by atoms with Crippen LogP contribution in [0.4, 0.5) is 5.69 Å². The van der Waals surface area contributed by atoms with Crippen LogP contribution in [0, 0.1) is 15.1 Å². The fourth-order valence-electron chi connectivity index (χ4n) is 1.70. The number of nitrogens with one attached hydrogen (secondary N) is 1. The third kappa shape index (κ3) is 4.36. The van der Waals surface area contributed by atoms with E-state index >= 15 is 0 Å². The fraction of sp³-hybridized carbons (Fsp3) is 0.125. The number of carbonyl (C=O) groups excluding carboxylic acids is 1. The normalized spacial score (nSPS) is 10.9. The van der Waals surface area contributed by atoms with E-state index in [9.17, 15) is 4.79 Å². The Kier molecular flexibility index (Phi) is 5.61. The second-order valence-corrected chi connectivity index (χ2v) is 5.29. The van der Waals surface area contributed by atoms with Crippen LogP contribution in [0.3, 0.4) is 0 Å². The summed E-state index contributed by atoms with van der Waals surface area (Å²) in [5, 5.41) is 11.8. The molecule has 0 aliphatic rings. The van der Waals surface area contributed by atoms with E-state index in [2.05, 4.69) is 5.32 Å². The van der Waals surface area contributed by atoms with E-state index in [-0.39, 0.29) is 5.57 Å². The van der Waals surface area contributed by atoms with Crippen LogP contribution in [0.5, 0.6) is 5.75 Å². The average Bonchev–Trinajstić information content (AvgIpc) is 2.92. The molecule has 1 N–H and O–H groups in total. The van der Waals surface area contributed by atoms with Crippen LogP contribution in [-0.2, 0) is 4.79 Å². The van der Waals surface area contributed by atoms with Gasteiger partial charge in [0.05, 0.1) is 6.61 Å². The van der Waals surface area contributed by atoms with Crippen LogP contribution >= 0.6 is 22.6 Å². The highest BCUT2D eigenvalue weighted by Crippen LogP contribution is 2.17. The Morgan fingerprint density at radius 1 is 1.36 bits per heavy atom. The van der Waals surface area contributed by atoms with Crippen molar-refractivity contribution in [3.63, 3.8) is 0 Å². The van der Waals surface area contributed by atoms with Gasteiger partial charge in [0.1, 0.15) is 23.2 Å². The molecule has 1 amide bonds. The maximum atomic E-state index is 12.1. The molecule has 1 aromatic heterocycles. The van der Waals surface area contributed by atoms with Gasteiger partial charge >= 0.3 is 0 Å². The molecule has 112 valence electrons. The predicted octanol–water partition coefficient (Wildman–Crippen LogP) is 3.83. The Hall–Kier alpha value is -2.27. The van der Waals surface area contributed by atoms with E-state index < -0.39 is 5.91 Å². The van der Waals surface area contributed by atoms with Gasteiger partial charge in [-0.3, -0.25) is 4.79 Å². The molecule has 22 heavy (non-hydrogen) atoms. The second-order valence-electron chi connectivity index (χ2n) is 4.22. The van der Waals surface area contributed by atoms with E-state index in [1.165, 1.54) is 6.08 Å². The second kappa shape index (κ2) is 7.66. The van der Waals surface area contributed by atoms with Crippen molar-refractivity contribution in [3.05, 3.63) is 51.5 Å². The number of halogens is 1. The Bertz CT molecular complexity index is 727. The highest BCUT2D eigenvalue weighted by Gasteiger charge is 2.10. The Balaban J connectivity index is 2.09. The number of ether oxygens (including phenoxy) is 1. The van der Waals surface area contributed by atoms with Crippen LogP contribution in [-0.4, -0.2) is 12.5 Å². The minimum absolute atomic E-state index is 0.0281. The van der Waals surface area contributed by atoms with Crippen molar-refractivity contribution in [3.8, 4) is 11.8 Å². The molecule has 0 aliphatic carbocycles. The Morgan fingerprint density at radius 2 is 2.09 bits per heavy atom. The van der Waals surface area contributed by atoms with Gasteiger partial charge in [-0.2, -0.15) is 5.26 Å². The number of nitrogens with zero attached hydrogens (tertiary/aromatic N) is 1. The molecule has 2 aromatic rings. The SMILES string of the molecule is CCOc1ccc(NC(=O)/C(C#N)=C\c2ccc(I)o2)cc1. The van der Waals surface area contributed by atoms with Gasteiger partial charge in [0.2, 0.25) is 0 Å². The molecule has 0 spiro atoms. The van der Waals surface area contributed by atoms with E-state index in [4.69, 9.17) is 14.4 Å². The zero-order chi connectivity index (χ0) is 15.9. The Morgan fingerprint density at radius 3 is 2.64 bits per heavy atom. The van der Waals surface area contributed by atoms with Gasteiger partial charge in [0, 0.05) is 11.8 Å². The largest absolute Gasteiger partial charge is 0.494 e. The quantitative estimate of drug-likeness (QED) is 0.464. The van der Waals surface area contributed by atoms with Crippen molar-refractivity contribution in [2.75, 3.05) is 11.9 Å². The van der Waals surface area contributed by atoms with E-state index in [1.807, 2.05) is 35.6 Å². The number of carbonyl (C=O) groups is 1. The molecule has 0 fully saturated rings. The lowest BCUT2D eigenvalue weighted by Gasteiger charge is -2.06. The van der Waals surface area contributed by atoms with Crippen molar-refractivity contribution in [2.24, 2.45) is 0 Å². The molecule has 2 rings (SSSR count). The summed E-state index contributed by atoms with van der Waals surface area (Å²) < 4.78 is 11.3. The lowest BCUT2D eigenvalue weighted by Crippen LogP contribution is -2.13. The first kappa shape index (κ1) is 16.1. The summed E-state index contributed by atoms with van der Waals surface area (Å²) >= 11 is 2.01. The van der Waals surface area contributed by atoms with Gasteiger partial charge in [0.25, 0.3) is 5.91 Å². The van der Waals surface area contributed by atoms with Gasteiger partial charge < -0.3 is 14.5 Å². The van der Waals surface area contributed by atoms with Crippen LogP contribution in [0.1, 0.15) is 12.7 Å². The van der Waals surface area contributed by atoms with Crippen LogP contribution in [0.2, 0.25) is 0 Å². The average molecular weight is 408 g/mol. The molecule has 0 aliphatic heterocycles.